The zero-order valence-electron chi connectivity index (χ0n) is 12.7. The quantitative estimate of drug-likeness (QED) is 0.808. The molecule has 1 fully saturated rings. The molecule has 0 unspecified atom stereocenters. The summed E-state index contributed by atoms with van der Waals surface area (Å²) in [6.45, 7) is 2.99. The molecule has 1 heterocycles. The molecule has 0 bridgehead atoms. The van der Waals surface area contributed by atoms with Crippen LogP contribution in [0.5, 0.6) is 0 Å². The van der Waals surface area contributed by atoms with E-state index in [0.717, 1.165) is 25.1 Å². The van der Waals surface area contributed by atoms with Crippen molar-refractivity contribution in [2.45, 2.75) is 64.5 Å². The van der Waals surface area contributed by atoms with E-state index < -0.39 is 0 Å². The largest absolute Gasteiger partial charge is 0.395 e. The third-order valence-electron chi connectivity index (χ3n) is 4.15. The third-order valence-corrected chi connectivity index (χ3v) is 4.15. The number of aromatic nitrogens is 4. The maximum atomic E-state index is 12.4. The molecule has 1 aliphatic rings. The highest BCUT2D eigenvalue weighted by molar-refractivity contribution is 5.76. The number of rotatable bonds is 7. The van der Waals surface area contributed by atoms with E-state index in [0.29, 0.717) is 25.6 Å². The van der Waals surface area contributed by atoms with Gasteiger partial charge in [-0.25, -0.2) is 4.68 Å². The molecule has 0 atom stereocenters. The number of carbonyl (C=O) groups excluding carboxylic acids is 1. The van der Waals surface area contributed by atoms with Gasteiger partial charge in [0.2, 0.25) is 5.91 Å². The predicted octanol–water partition coefficient (Wildman–Crippen LogP) is 0.915. The van der Waals surface area contributed by atoms with E-state index in [1.807, 2.05) is 11.8 Å². The number of amides is 1. The Morgan fingerprint density at radius 2 is 2.14 bits per heavy atom. The van der Waals surface area contributed by atoms with Crippen molar-refractivity contribution in [2.75, 3.05) is 13.2 Å². The maximum Gasteiger partial charge on any atom is 0.222 e. The summed E-state index contributed by atoms with van der Waals surface area (Å²) in [6.07, 6.45) is 6.97. The molecule has 1 aliphatic carbocycles. The summed E-state index contributed by atoms with van der Waals surface area (Å²) >= 11 is 0. The van der Waals surface area contributed by atoms with Crippen LogP contribution in [0.3, 0.4) is 0 Å². The lowest BCUT2D eigenvalue weighted by atomic mass is 9.94. The van der Waals surface area contributed by atoms with Crippen LogP contribution in [0.25, 0.3) is 0 Å². The number of hydrogen-bond acceptors (Lipinski definition) is 5. The number of carbonyl (C=O) groups is 1. The lowest BCUT2D eigenvalue weighted by molar-refractivity contribution is -0.135. The molecule has 1 N–H and O–H groups in total. The Kier molecular flexibility index (Phi) is 6.10. The highest BCUT2D eigenvalue weighted by Crippen LogP contribution is 2.23. The maximum absolute atomic E-state index is 12.4. The Hall–Kier alpha value is -1.50. The third kappa shape index (κ3) is 4.49. The summed E-state index contributed by atoms with van der Waals surface area (Å²) in [7, 11) is 0. The van der Waals surface area contributed by atoms with Crippen molar-refractivity contribution in [1.29, 1.82) is 0 Å². The van der Waals surface area contributed by atoms with Crippen molar-refractivity contribution in [2.24, 2.45) is 0 Å². The van der Waals surface area contributed by atoms with E-state index in [1.54, 1.807) is 4.68 Å². The van der Waals surface area contributed by atoms with Crippen molar-refractivity contribution >= 4 is 5.91 Å². The van der Waals surface area contributed by atoms with E-state index in [4.69, 9.17) is 0 Å². The fourth-order valence-electron chi connectivity index (χ4n) is 2.99. The average molecular weight is 295 g/mol. The van der Waals surface area contributed by atoms with Gasteiger partial charge in [-0.2, -0.15) is 0 Å². The zero-order chi connectivity index (χ0) is 15.1. The molecule has 0 radical (unpaired) electrons. The van der Waals surface area contributed by atoms with Crippen LogP contribution in [0.1, 0.15) is 50.8 Å². The molecule has 21 heavy (non-hydrogen) atoms. The van der Waals surface area contributed by atoms with Crippen molar-refractivity contribution in [3.8, 4) is 0 Å². The number of hydrogen-bond donors (Lipinski definition) is 1. The minimum atomic E-state index is 0.0361. The second-order valence-electron chi connectivity index (χ2n) is 5.66. The molecular weight excluding hydrogens is 270 g/mol. The number of nitrogens with zero attached hydrogens (tertiary/aromatic N) is 5. The lowest BCUT2D eigenvalue weighted by Gasteiger charge is -2.34. The number of aliphatic hydroxyl groups excluding tert-OH is 1. The van der Waals surface area contributed by atoms with Gasteiger partial charge in [0.15, 0.2) is 0 Å². The summed E-state index contributed by atoms with van der Waals surface area (Å²) in [6, 6.07) is 0.313. The standard InChI is InChI=1S/C14H25N5O2/c1-12-15-16-17-19(12)9-5-8-14(21)18(10-11-20)13-6-3-2-4-7-13/h13,20H,2-11H2,1H3. The van der Waals surface area contributed by atoms with Crippen molar-refractivity contribution in [3.63, 3.8) is 0 Å². The normalized spacial score (nSPS) is 16.1. The summed E-state index contributed by atoms with van der Waals surface area (Å²) < 4.78 is 1.71. The van der Waals surface area contributed by atoms with Gasteiger partial charge in [0.1, 0.15) is 5.82 Å². The van der Waals surface area contributed by atoms with Gasteiger partial charge in [-0.3, -0.25) is 4.79 Å². The second kappa shape index (κ2) is 8.07. The molecule has 1 amide bonds. The fraction of sp³-hybridized carbons (Fsp3) is 0.857. The van der Waals surface area contributed by atoms with Crippen LogP contribution in [-0.2, 0) is 11.3 Å². The summed E-state index contributed by atoms with van der Waals surface area (Å²) in [5.74, 6) is 0.906. The van der Waals surface area contributed by atoms with Crippen molar-refractivity contribution < 1.29 is 9.90 Å². The van der Waals surface area contributed by atoms with Gasteiger partial charge in [-0.05, 0) is 36.6 Å². The summed E-state index contributed by atoms with van der Waals surface area (Å²) in [4.78, 5) is 14.3. The first-order chi connectivity index (χ1) is 10.2. The number of tetrazole rings is 1. The van der Waals surface area contributed by atoms with Gasteiger partial charge in [-0.1, -0.05) is 19.3 Å². The molecule has 7 heteroatoms. The summed E-state index contributed by atoms with van der Waals surface area (Å²) in [5.41, 5.74) is 0. The zero-order valence-corrected chi connectivity index (χ0v) is 12.7. The monoisotopic (exact) mass is 295 g/mol. The molecule has 1 aromatic rings. The number of aliphatic hydroxyl groups is 1. The van der Waals surface area contributed by atoms with E-state index >= 15 is 0 Å². The first kappa shape index (κ1) is 15.9. The van der Waals surface area contributed by atoms with E-state index in [2.05, 4.69) is 15.5 Å². The fourth-order valence-corrected chi connectivity index (χ4v) is 2.99. The van der Waals surface area contributed by atoms with E-state index in [-0.39, 0.29) is 12.5 Å². The first-order valence-corrected chi connectivity index (χ1v) is 7.85. The molecule has 0 spiro atoms. The van der Waals surface area contributed by atoms with Crippen LogP contribution in [0.4, 0.5) is 0 Å². The molecule has 0 aromatic carbocycles. The highest BCUT2D eigenvalue weighted by atomic mass is 16.3. The Labute approximate surface area is 125 Å². The Morgan fingerprint density at radius 1 is 1.38 bits per heavy atom. The van der Waals surface area contributed by atoms with Crippen molar-refractivity contribution in [3.05, 3.63) is 5.82 Å². The van der Waals surface area contributed by atoms with Crippen LogP contribution >= 0.6 is 0 Å². The smallest absolute Gasteiger partial charge is 0.222 e. The molecule has 0 aliphatic heterocycles. The minimum Gasteiger partial charge on any atom is -0.395 e. The molecular formula is C14H25N5O2. The van der Waals surface area contributed by atoms with Gasteiger partial charge in [-0.15, -0.1) is 5.10 Å². The Balaban J connectivity index is 1.82. The SMILES string of the molecule is Cc1nnnn1CCCC(=O)N(CCO)C1CCCCC1. The predicted molar refractivity (Wildman–Crippen MR) is 77.5 cm³/mol. The topological polar surface area (TPSA) is 84.1 Å². The van der Waals surface area contributed by atoms with E-state index in [9.17, 15) is 9.90 Å². The Morgan fingerprint density at radius 3 is 2.76 bits per heavy atom. The van der Waals surface area contributed by atoms with Crippen LogP contribution < -0.4 is 0 Å². The van der Waals surface area contributed by atoms with Gasteiger partial charge < -0.3 is 10.0 Å². The molecule has 7 nitrogen and oxygen atoms in total. The van der Waals surface area contributed by atoms with Crippen molar-refractivity contribution in [1.82, 2.24) is 25.1 Å². The van der Waals surface area contributed by atoms with Crippen LogP contribution in [0.15, 0.2) is 0 Å². The van der Waals surface area contributed by atoms with E-state index in [1.165, 1.54) is 19.3 Å². The van der Waals surface area contributed by atoms with Crippen LogP contribution in [0.2, 0.25) is 0 Å². The molecule has 1 aromatic heterocycles. The molecule has 118 valence electrons. The van der Waals surface area contributed by atoms with Crippen LogP contribution in [-0.4, -0.2) is 55.3 Å². The number of aryl methyl sites for hydroxylation is 2. The molecule has 1 saturated carbocycles. The average Bonchev–Trinajstić information content (AvgIpc) is 2.91. The van der Waals surface area contributed by atoms with Crippen LogP contribution in [0, 0.1) is 6.92 Å². The molecule has 0 saturated heterocycles. The first-order valence-electron chi connectivity index (χ1n) is 7.85. The van der Waals surface area contributed by atoms with Gasteiger partial charge in [0.25, 0.3) is 0 Å². The molecule has 2 rings (SSSR count). The minimum absolute atomic E-state index is 0.0361. The van der Waals surface area contributed by atoms with Gasteiger partial charge in [0.05, 0.1) is 6.61 Å². The Bertz CT molecular complexity index is 442. The van der Waals surface area contributed by atoms with Gasteiger partial charge in [0, 0.05) is 25.6 Å². The second-order valence-corrected chi connectivity index (χ2v) is 5.66. The summed E-state index contributed by atoms with van der Waals surface area (Å²) in [5, 5.41) is 20.5. The highest BCUT2D eigenvalue weighted by Gasteiger charge is 2.24. The van der Waals surface area contributed by atoms with Gasteiger partial charge >= 0.3 is 0 Å². The lowest BCUT2D eigenvalue weighted by Crippen LogP contribution is -2.43.